The number of ether oxygens (including phenoxy) is 2. The number of hydrogen-bond donors (Lipinski definition) is 0. The van der Waals surface area contributed by atoms with E-state index in [-0.39, 0.29) is 12.2 Å². The van der Waals surface area contributed by atoms with E-state index >= 15 is 0 Å². The summed E-state index contributed by atoms with van der Waals surface area (Å²) in [6, 6.07) is 7.48. The van der Waals surface area contributed by atoms with Crippen molar-refractivity contribution in [1.82, 2.24) is 4.90 Å². The summed E-state index contributed by atoms with van der Waals surface area (Å²) in [6.45, 7) is 3.80. The quantitative estimate of drug-likeness (QED) is 0.829. The molecule has 0 radical (unpaired) electrons. The highest BCUT2D eigenvalue weighted by Gasteiger charge is 2.25. The molecule has 0 N–H and O–H groups in total. The Hall–Kier alpha value is -1.26. The number of carbonyl (C=O) groups excluding carboxylic acids is 1. The van der Waals surface area contributed by atoms with Crippen LogP contribution in [0.3, 0.4) is 0 Å². The molecule has 0 spiro atoms. The number of benzene rings is 1. The molecular weight excluding hydrogens is 254 g/mol. The standard InChI is InChI=1S/C13H16ClNO3/c1-2-17-13(16)15-7-8-18-12(9-15)10-3-5-11(14)6-4-10/h3-6,12H,2,7-9H2,1H3/t12-/m1/s1. The Morgan fingerprint density at radius 3 is 2.89 bits per heavy atom. The molecule has 1 fully saturated rings. The number of rotatable bonds is 2. The Morgan fingerprint density at radius 1 is 1.50 bits per heavy atom. The Labute approximate surface area is 111 Å². The van der Waals surface area contributed by atoms with Gasteiger partial charge in [0.15, 0.2) is 0 Å². The van der Waals surface area contributed by atoms with Gasteiger partial charge in [-0.1, -0.05) is 23.7 Å². The molecule has 2 rings (SSSR count). The number of halogens is 1. The minimum Gasteiger partial charge on any atom is -0.450 e. The van der Waals surface area contributed by atoms with E-state index in [4.69, 9.17) is 21.1 Å². The summed E-state index contributed by atoms with van der Waals surface area (Å²) >= 11 is 5.85. The van der Waals surface area contributed by atoms with Gasteiger partial charge >= 0.3 is 6.09 Å². The lowest BCUT2D eigenvalue weighted by Gasteiger charge is -2.32. The monoisotopic (exact) mass is 269 g/mol. The molecule has 1 heterocycles. The second kappa shape index (κ2) is 6.07. The van der Waals surface area contributed by atoms with Crippen molar-refractivity contribution in [2.24, 2.45) is 0 Å². The van der Waals surface area contributed by atoms with E-state index in [1.807, 2.05) is 24.3 Å². The fourth-order valence-electron chi connectivity index (χ4n) is 1.91. The van der Waals surface area contributed by atoms with Crippen LogP contribution >= 0.6 is 11.6 Å². The molecule has 98 valence electrons. The maximum absolute atomic E-state index is 11.7. The van der Waals surface area contributed by atoms with Crippen LogP contribution in [0.15, 0.2) is 24.3 Å². The van der Waals surface area contributed by atoms with E-state index in [1.54, 1.807) is 11.8 Å². The molecular formula is C13H16ClNO3. The first-order valence-corrected chi connectivity index (χ1v) is 6.37. The summed E-state index contributed by atoms with van der Waals surface area (Å²) < 4.78 is 10.7. The van der Waals surface area contributed by atoms with E-state index in [1.165, 1.54) is 0 Å². The van der Waals surface area contributed by atoms with Crippen LogP contribution < -0.4 is 0 Å². The molecule has 1 aliphatic heterocycles. The molecule has 0 aliphatic carbocycles. The van der Waals surface area contributed by atoms with Crippen LogP contribution in [-0.4, -0.2) is 37.3 Å². The lowest BCUT2D eigenvalue weighted by Crippen LogP contribution is -2.42. The van der Waals surface area contributed by atoms with Crippen LogP contribution in [-0.2, 0) is 9.47 Å². The predicted octanol–water partition coefficient (Wildman–Crippen LogP) is 2.87. The zero-order valence-electron chi connectivity index (χ0n) is 10.3. The summed E-state index contributed by atoms with van der Waals surface area (Å²) in [6.07, 6.45) is -0.389. The number of hydrogen-bond acceptors (Lipinski definition) is 3. The minimum absolute atomic E-state index is 0.111. The van der Waals surface area contributed by atoms with Gasteiger partial charge in [0.05, 0.1) is 19.8 Å². The third-order valence-corrected chi connectivity index (χ3v) is 3.09. The molecule has 18 heavy (non-hydrogen) atoms. The Kier molecular flexibility index (Phi) is 4.44. The number of carbonyl (C=O) groups is 1. The molecule has 5 heteroatoms. The van der Waals surface area contributed by atoms with Crippen LogP contribution in [0.1, 0.15) is 18.6 Å². The van der Waals surface area contributed by atoms with Crippen molar-refractivity contribution in [2.75, 3.05) is 26.3 Å². The summed E-state index contributed by atoms with van der Waals surface area (Å²) in [5.74, 6) is 0. The van der Waals surface area contributed by atoms with Gasteiger partial charge in [-0.15, -0.1) is 0 Å². The van der Waals surface area contributed by atoms with E-state index in [2.05, 4.69) is 0 Å². The first-order chi connectivity index (χ1) is 8.70. The molecule has 1 saturated heterocycles. The maximum atomic E-state index is 11.7. The number of amides is 1. The molecule has 4 nitrogen and oxygen atoms in total. The van der Waals surface area contributed by atoms with Crippen LogP contribution in [0.5, 0.6) is 0 Å². The summed E-state index contributed by atoms with van der Waals surface area (Å²) in [7, 11) is 0. The van der Waals surface area contributed by atoms with Crippen molar-refractivity contribution in [2.45, 2.75) is 13.0 Å². The fourth-order valence-corrected chi connectivity index (χ4v) is 2.03. The normalized spacial score (nSPS) is 19.7. The molecule has 1 aromatic rings. The highest BCUT2D eigenvalue weighted by Crippen LogP contribution is 2.23. The summed E-state index contributed by atoms with van der Waals surface area (Å²) in [5.41, 5.74) is 1.02. The Bertz CT molecular complexity index is 407. The topological polar surface area (TPSA) is 38.8 Å². The number of morpholine rings is 1. The average Bonchev–Trinajstić information content (AvgIpc) is 2.40. The van der Waals surface area contributed by atoms with Crippen molar-refractivity contribution in [3.05, 3.63) is 34.9 Å². The average molecular weight is 270 g/mol. The van der Waals surface area contributed by atoms with Crippen LogP contribution in [0.2, 0.25) is 5.02 Å². The van der Waals surface area contributed by atoms with Gasteiger partial charge in [0, 0.05) is 11.6 Å². The van der Waals surface area contributed by atoms with Crippen LogP contribution in [0.25, 0.3) is 0 Å². The largest absolute Gasteiger partial charge is 0.450 e. The zero-order valence-corrected chi connectivity index (χ0v) is 11.0. The van der Waals surface area contributed by atoms with Gasteiger partial charge in [0.1, 0.15) is 6.10 Å². The zero-order chi connectivity index (χ0) is 13.0. The van der Waals surface area contributed by atoms with E-state index in [0.29, 0.717) is 31.3 Å². The van der Waals surface area contributed by atoms with Gasteiger partial charge in [-0.05, 0) is 24.6 Å². The van der Waals surface area contributed by atoms with Crippen molar-refractivity contribution in [3.8, 4) is 0 Å². The van der Waals surface area contributed by atoms with Gasteiger partial charge in [0.2, 0.25) is 0 Å². The van der Waals surface area contributed by atoms with Gasteiger partial charge in [-0.3, -0.25) is 0 Å². The molecule has 0 unspecified atom stereocenters. The minimum atomic E-state index is -0.278. The third kappa shape index (κ3) is 3.15. The predicted molar refractivity (Wildman–Crippen MR) is 68.7 cm³/mol. The van der Waals surface area contributed by atoms with E-state index in [9.17, 15) is 4.79 Å². The second-order valence-electron chi connectivity index (χ2n) is 4.06. The van der Waals surface area contributed by atoms with E-state index < -0.39 is 0 Å². The molecule has 1 aromatic carbocycles. The van der Waals surface area contributed by atoms with Crippen molar-refractivity contribution >= 4 is 17.7 Å². The third-order valence-electron chi connectivity index (χ3n) is 2.83. The second-order valence-corrected chi connectivity index (χ2v) is 4.49. The molecule has 0 bridgehead atoms. The van der Waals surface area contributed by atoms with Gasteiger partial charge in [0.25, 0.3) is 0 Å². The highest BCUT2D eigenvalue weighted by molar-refractivity contribution is 6.30. The van der Waals surface area contributed by atoms with Crippen LogP contribution in [0.4, 0.5) is 4.79 Å². The molecule has 1 amide bonds. The van der Waals surface area contributed by atoms with Crippen molar-refractivity contribution in [1.29, 1.82) is 0 Å². The van der Waals surface area contributed by atoms with E-state index in [0.717, 1.165) is 5.56 Å². The van der Waals surface area contributed by atoms with Gasteiger partial charge < -0.3 is 14.4 Å². The summed E-state index contributed by atoms with van der Waals surface area (Å²) in [5, 5.41) is 0.691. The van der Waals surface area contributed by atoms with Gasteiger partial charge in [-0.25, -0.2) is 4.79 Å². The van der Waals surface area contributed by atoms with Crippen LogP contribution in [0, 0.1) is 0 Å². The number of nitrogens with zero attached hydrogens (tertiary/aromatic N) is 1. The SMILES string of the molecule is CCOC(=O)N1CCO[C@@H](c2ccc(Cl)cc2)C1. The molecule has 0 saturated carbocycles. The first-order valence-electron chi connectivity index (χ1n) is 5.99. The maximum Gasteiger partial charge on any atom is 0.409 e. The Balaban J connectivity index is 2.02. The molecule has 0 aromatic heterocycles. The van der Waals surface area contributed by atoms with Crippen molar-refractivity contribution in [3.63, 3.8) is 0 Å². The highest BCUT2D eigenvalue weighted by atomic mass is 35.5. The Morgan fingerprint density at radius 2 is 2.22 bits per heavy atom. The van der Waals surface area contributed by atoms with Crippen molar-refractivity contribution < 1.29 is 14.3 Å². The molecule has 1 aliphatic rings. The lowest BCUT2D eigenvalue weighted by molar-refractivity contribution is -0.0279. The lowest BCUT2D eigenvalue weighted by atomic mass is 10.1. The first kappa shape index (κ1) is 13.2. The van der Waals surface area contributed by atoms with Gasteiger partial charge in [-0.2, -0.15) is 0 Å². The molecule has 1 atom stereocenters. The summed E-state index contributed by atoms with van der Waals surface area (Å²) in [4.78, 5) is 13.3. The fraction of sp³-hybridized carbons (Fsp3) is 0.462. The smallest absolute Gasteiger partial charge is 0.409 e.